The molecule has 1 aromatic heterocycles. The van der Waals surface area contributed by atoms with Gasteiger partial charge in [-0.1, -0.05) is 6.07 Å². The molecule has 0 aliphatic heterocycles. The van der Waals surface area contributed by atoms with E-state index in [1.165, 1.54) is 12.1 Å². The lowest BCUT2D eigenvalue weighted by Crippen LogP contribution is -2.01. The van der Waals surface area contributed by atoms with Crippen LogP contribution in [-0.4, -0.2) is 12.0 Å². The number of hydrogen-bond acceptors (Lipinski definition) is 3. The zero-order valence-electron chi connectivity index (χ0n) is 9.78. The number of benzene rings is 1. The summed E-state index contributed by atoms with van der Waals surface area (Å²) >= 11 is 0. The second kappa shape index (κ2) is 5.44. The Kier molecular flexibility index (Phi) is 3.72. The van der Waals surface area contributed by atoms with Gasteiger partial charge in [0, 0.05) is 18.9 Å². The van der Waals surface area contributed by atoms with E-state index in [2.05, 4.69) is 10.3 Å². The second-order valence-corrected chi connectivity index (χ2v) is 3.63. The van der Waals surface area contributed by atoms with Crippen LogP contribution in [0.1, 0.15) is 5.69 Å². The fourth-order valence-corrected chi connectivity index (χ4v) is 1.46. The molecule has 0 saturated heterocycles. The van der Waals surface area contributed by atoms with Gasteiger partial charge < -0.3 is 10.1 Å². The molecule has 0 saturated carbocycles. The summed E-state index contributed by atoms with van der Waals surface area (Å²) in [6.45, 7) is 0.0793. The monoisotopic (exact) mass is 250 g/mol. The van der Waals surface area contributed by atoms with Gasteiger partial charge >= 0.3 is 0 Å². The van der Waals surface area contributed by atoms with E-state index in [1.807, 2.05) is 0 Å². The molecule has 3 nitrogen and oxygen atoms in total. The average Bonchev–Trinajstić information content (AvgIpc) is 2.41. The predicted octanol–water partition coefficient (Wildman–Crippen LogP) is 2.98. The highest BCUT2D eigenvalue weighted by Crippen LogP contribution is 2.20. The Labute approximate surface area is 103 Å². The van der Waals surface area contributed by atoms with Crippen LogP contribution in [0.4, 0.5) is 14.5 Å². The van der Waals surface area contributed by atoms with Crippen LogP contribution in [0.2, 0.25) is 0 Å². The van der Waals surface area contributed by atoms with Gasteiger partial charge in [0.2, 0.25) is 5.82 Å². The van der Waals surface area contributed by atoms with Gasteiger partial charge in [-0.15, -0.1) is 0 Å². The number of pyridine rings is 1. The molecule has 2 aromatic rings. The van der Waals surface area contributed by atoms with Crippen LogP contribution in [0.25, 0.3) is 0 Å². The fourth-order valence-electron chi connectivity index (χ4n) is 1.46. The van der Waals surface area contributed by atoms with Crippen LogP contribution >= 0.6 is 0 Å². The Morgan fingerprint density at radius 2 is 2.11 bits per heavy atom. The van der Waals surface area contributed by atoms with Crippen molar-refractivity contribution < 1.29 is 13.5 Å². The van der Waals surface area contributed by atoms with Crippen LogP contribution in [0.15, 0.2) is 36.5 Å². The third-order valence-corrected chi connectivity index (χ3v) is 2.40. The van der Waals surface area contributed by atoms with Crippen LogP contribution < -0.4 is 10.1 Å². The summed E-state index contributed by atoms with van der Waals surface area (Å²) in [7, 11) is 1.78. The van der Waals surface area contributed by atoms with Crippen LogP contribution in [0.3, 0.4) is 0 Å². The van der Waals surface area contributed by atoms with Crippen LogP contribution in [0, 0.1) is 11.6 Å². The molecule has 0 spiro atoms. The molecule has 0 amide bonds. The standard InChI is InChI=1S/C13H12F2N2O/c1-16-9-5-6-17-10(7-9)8-18-12-4-2-3-11(14)13(12)15/h2-7H,8H2,1H3,(H,16,17). The maximum atomic E-state index is 13.3. The predicted molar refractivity (Wildman–Crippen MR) is 64.5 cm³/mol. The Morgan fingerprint density at radius 3 is 2.89 bits per heavy atom. The van der Waals surface area contributed by atoms with Gasteiger partial charge in [-0.3, -0.25) is 4.98 Å². The van der Waals surface area contributed by atoms with E-state index in [0.29, 0.717) is 5.69 Å². The van der Waals surface area contributed by atoms with E-state index in [9.17, 15) is 8.78 Å². The molecule has 1 heterocycles. The van der Waals surface area contributed by atoms with Crippen molar-refractivity contribution in [3.8, 4) is 5.75 Å². The lowest BCUT2D eigenvalue weighted by Gasteiger charge is -2.08. The molecule has 18 heavy (non-hydrogen) atoms. The summed E-state index contributed by atoms with van der Waals surface area (Å²) in [5.41, 5.74) is 1.51. The number of anilines is 1. The minimum absolute atomic E-state index is 0.0793. The molecule has 5 heteroatoms. The van der Waals surface area contributed by atoms with Crippen molar-refractivity contribution in [2.45, 2.75) is 6.61 Å². The summed E-state index contributed by atoms with van der Waals surface area (Å²) < 4.78 is 31.5. The lowest BCUT2D eigenvalue weighted by atomic mass is 10.3. The van der Waals surface area contributed by atoms with E-state index in [-0.39, 0.29) is 12.4 Å². The van der Waals surface area contributed by atoms with Gasteiger partial charge in [-0.2, -0.15) is 4.39 Å². The topological polar surface area (TPSA) is 34.2 Å². The number of halogens is 2. The van der Waals surface area contributed by atoms with E-state index in [0.717, 1.165) is 11.8 Å². The Hall–Kier alpha value is -2.17. The first-order valence-corrected chi connectivity index (χ1v) is 5.40. The summed E-state index contributed by atoms with van der Waals surface area (Å²) in [5.74, 6) is -2.03. The number of aromatic nitrogens is 1. The second-order valence-electron chi connectivity index (χ2n) is 3.63. The van der Waals surface area contributed by atoms with Gasteiger partial charge in [-0.25, -0.2) is 4.39 Å². The van der Waals surface area contributed by atoms with Crippen molar-refractivity contribution in [3.05, 3.63) is 53.9 Å². The minimum atomic E-state index is -0.984. The zero-order chi connectivity index (χ0) is 13.0. The summed E-state index contributed by atoms with van der Waals surface area (Å²) in [5, 5.41) is 2.96. The van der Waals surface area contributed by atoms with Crippen molar-refractivity contribution >= 4 is 5.69 Å². The van der Waals surface area contributed by atoms with Crippen molar-refractivity contribution in [2.24, 2.45) is 0 Å². The van der Waals surface area contributed by atoms with Gasteiger partial charge in [0.15, 0.2) is 11.6 Å². The number of nitrogens with zero attached hydrogens (tertiary/aromatic N) is 1. The molecule has 1 aromatic carbocycles. The van der Waals surface area contributed by atoms with E-state index in [4.69, 9.17) is 4.74 Å². The number of hydrogen-bond donors (Lipinski definition) is 1. The molecule has 0 aliphatic rings. The molecule has 0 aliphatic carbocycles. The molecule has 0 atom stereocenters. The largest absolute Gasteiger partial charge is 0.484 e. The highest BCUT2D eigenvalue weighted by atomic mass is 19.2. The normalized spacial score (nSPS) is 10.2. The third kappa shape index (κ3) is 2.74. The van der Waals surface area contributed by atoms with Gasteiger partial charge in [0.05, 0.1) is 5.69 Å². The number of rotatable bonds is 4. The SMILES string of the molecule is CNc1ccnc(COc2cccc(F)c2F)c1. The highest BCUT2D eigenvalue weighted by Gasteiger charge is 2.08. The Balaban J connectivity index is 2.09. The lowest BCUT2D eigenvalue weighted by molar-refractivity contribution is 0.280. The van der Waals surface area contributed by atoms with E-state index >= 15 is 0 Å². The maximum Gasteiger partial charge on any atom is 0.200 e. The van der Waals surface area contributed by atoms with Crippen molar-refractivity contribution in [2.75, 3.05) is 12.4 Å². The van der Waals surface area contributed by atoms with Gasteiger partial charge in [-0.05, 0) is 24.3 Å². The summed E-state index contributed by atoms with van der Waals surface area (Å²) in [4.78, 5) is 4.07. The molecule has 0 bridgehead atoms. The molecular formula is C13H12F2N2O. The molecule has 0 fully saturated rings. The molecule has 1 N–H and O–H groups in total. The molecule has 94 valence electrons. The van der Waals surface area contributed by atoms with E-state index < -0.39 is 11.6 Å². The quantitative estimate of drug-likeness (QED) is 0.905. The smallest absolute Gasteiger partial charge is 0.200 e. The maximum absolute atomic E-state index is 13.3. The Morgan fingerprint density at radius 1 is 1.28 bits per heavy atom. The summed E-state index contributed by atoms with van der Waals surface area (Å²) in [6, 6.07) is 7.39. The van der Waals surface area contributed by atoms with Crippen molar-refractivity contribution in [3.63, 3.8) is 0 Å². The zero-order valence-corrected chi connectivity index (χ0v) is 9.78. The minimum Gasteiger partial charge on any atom is -0.484 e. The first kappa shape index (κ1) is 12.3. The molecule has 0 radical (unpaired) electrons. The van der Waals surface area contributed by atoms with Crippen LogP contribution in [0.5, 0.6) is 5.75 Å². The van der Waals surface area contributed by atoms with Crippen LogP contribution in [-0.2, 0) is 6.61 Å². The Bertz CT molecular complexity index is 546. The first-order chi connectivity index (χ1) is 8.70. The first-order valence-electron chi connectivity index (χ1n) is 5.40. The van der Waals surface area contributed by atoms with Crippen molar-refractivity contribution in [1.82, 2.24) is 4.98 Å². The number of ether oxygens (including phenoxy) is 1. The third-order valence-electron chi connectivity index (χ3n) is 2.40. The molecular weight excluding hydrogens is 238 g/mol. The fraction of sp³-hybridized carbons (Fsp3) is 0.154. The molecule has 2 rings (SSSR count). The molecule has 0 unspecified atom stereocenters. The summed E-state index contributed by atoms with van der Waals surface area (Å²) in [6.07, 6.45) is 1.62. The van der Waals surface area contributed by atoms with Gasteiger partial charge in [0.25, 0.3) is 0 Å². The number of nitrogens with one attached hydrogen (secondary N) is 1. The van der Waals surface area contributed by atoms with Gasteiger partial charge in [0.1, 0.15) is 6.61 Å². The van der Waals surface area contributed by atoms with Crippen molar-refractivity contribution in [1.29, 1.82) is 0 Å². The average molecular weight is 250 g/mol. The highest BCUT2D eigenvalue weighted by molar-refractivity contribution is 5.42. The van der Waals surface area contributed by atoms with E-state index in [1.54, 1.807) is 25.4 Å².